The van der Waals surface area contributed by atoms with E-state index in [0.29, 0.717) is 34.6 Å². The zero-order valence-corrected chi connectivity index (χ0v) is 40.0. The van der Waals surface area contributed by atoms with Crippen molar-refractivity contribution >= 4 is 58.7 Å². The smallest absolute Gasteiger partial charge is 0.408 e. The number of urea groups is 1. The number of alkyl carbamates (subject to hydrolysis) is 1. The van der Waals surface area contributed by atoms with Crippen LogP contribution >= 0.6 is 0 Å². The van der Waals surface area contributed by atoms with Crippen LogP contribution in [-0.2, 0) is 52.6 Å². The van der Waals surface area contributed by atoms with Gasteiger partial charge in [-0.05, 0) is 83.0 Å². The second-order valence-corrected chi connectivity index (χ2v) is 21.0. The Morgan fingerprint density at radius 2 is 1.30 bits per heavy atom. The summed E-state index contributed by atoms with van der Waals surface area (Å²) in [6, 6.07) is 28.0. The van der Waals surface area contributed by atoms with Crippen molar-refractivity contribution in [1.82, 2.24) is 20.4 Å². The Bertz CT molecular complexity index is 2790. The van der Waals surface area contributed by atoms with Crippen molar-refractivity contribution in [2.45, 2.75) is 108 Å². The van der Waals surface area contributed by atoms with E-state index in [0.717, 1.165) is 11.1 Å². The van der Waals surface area contributed by atoms with Crippen molar-refractivity contribution in [3.05, 3.63) is 125 Å². The molecule has 8 rings (SSSR count). The summed E-state index contributed by atoms with van der Waals surface area (Å²) in [5.74, 6) is -2.41. The molecular weight excluding hydrogens is 891 g/mol. The summed E-state index contributed by atoms with van der Waals surface area (Å²) < 4.78 is 5.70. The minimum absolute atomic E-state index is 0.00405. The Balaban J connectivity index is 0.950. The first-order valence-electron chi connectivity index (χ1n) is 23.5. The van der Waals surface area contributed by atoms with Gasteiger partial charge in [-0.1, -0.05) is 113 Å². The molecule has 4 heterocycles. The number of nitrogens with two attached hydrogens (primary N) is 1. The van der Waals surface area contributed by atoms with Crippen LogP contribution in [-0.4, -0.2) is 88.7 Å². The van der Waals surface area contributed by atoms with Crippen LogP contribution in [0.15, 0.2) is 103 Å². The van der Waals surface area contributed by atoms with Crippen LogP contribution in [0.4, 0.5) is 26.7 Å². The molecule has 0 unspecified atom stereocenters. The van der Waals surface area contributed by atoms with Gasteiger partial charge in [0.2, 0.25) is 29.5 Å². The van der Waals surface area contributed by atoms with Gasteiger partial charge in [-0.25, -0.2) is 9.59 Å². The molecule has 2 fully saturated rings. The van der Waals surface area contributed by atoms with Crippen LogP contribution in [0.2, 0.25) is 0 Å². The van der Waals surface area contributed by atoms with Gasteiger partial charge in [-0.15, -0.1) is 0 Å². The molecule has 4 aromatic rings. The highest BCUT2D eigenvalue weighted by atomic mass is 16.5. The number of carbonyl (C=O) groups is 7. The van der Waals surface area contributed by atoms with E-state index < -0.39 is 75.7 Å². The van der Waals surface area contributed by atoms with E-state index in [1.165, 1.54) is 9.80 Å². The normalized spacial score (nSPS) is 22.1. The number of para-hydroxylation sites is 3. The molecule has 2 saturated heterocycles. The molecule has 4 aliphatic rings. The number of nitrogens with zero attached hydrogens (tertiary/aromatic N) is 3. The SMILES string of the molecule is CC(C)(C)C[C@H](NC(=O)OCc1cccc(CC(C)(C)C[C@H](NC(=O)Nc2ccccc2)C(=O)N2C[C@]3(C[C@H]2C#N)C(=O)Nc2ccccc23)c1)C(=O)N1C[C@]2(C[C@H]1C(N)=O)C(=O)Nc1ccccc12. The number of hydrogen-bond acceptors (Lipinski definition) is 9. The van der Waals surface area contributed by atoms with Gasteiger partial charge in [-0.3, -0.25) is 24.0 Å². The predicted molar refractivity (Wildman–Crippen MR) is 261 cm³/mol. The third kappa shape index (κ3) is 9.89. The van der Waals surface area contributed by atoms with Gasteiger partial charge < -0.3 is 46.9 Å². The van der Waals surface area contributed by atoms with E-state index in [-0.39, 0.29) is 57.2 Å². The minimum Gasteiger partial charge on any atom is -0.445 e. The summed E-state index contributed by atoms with van der Waals surface area (Å²) in [5, 5.41) is 24.6. The van der Waals surface area contributed by atoms with E-state index in [9.17, 15) is 38.8 Å². The first kappa shape index (κ1) is 48.7. The molecule has 8 amide bonds. The van der Waals surface area contributed by atoms with Crippen molar-refractivity contribution in [2.24, 2.45) is 16.6 Å². The predicted octanol–water partition coefficient (Wildman–Crippen LogP) is 5.86. The highest BCUT2D eigenvalue weighted by Crippen LogP contribution is 2.48. The van der Waals surface area contributed by atoms with Gasteiger partial charge in [0, 0.05) is 36.6 Å². The fourth-order valence-electron chi connectivity index (χ4n) is 10.7. The van der Waals surface area contributed by atoms with Crippen LogP contribution in [0.1, 0.15) is 82.6 Å². The number of nitrogens with one attached hydrogen (secondary N) is 5. The van der Waals surface area contributed by atoms with Gasteiger partial charge >= 0.3 is 12.1 Å². The average molecular weight is 950 g/mol. The second-order valence-electron chi connectivity index (χ2n) is 21.0. The first-order chi connectivity index (χ1) is 33.2. The molecule has 2 spiro atoms. The number of nitriles is 1. The number of fused-ring (bicyclic) bond motifs is 4. The number of benzene rings is 4. The summed E-state index contributed by atoms with van der Waals surface area (Å²) in [7, 11) is 0. The molecule has 4 aromatic carbocycles. The number of likely N-dealkylation sites (tertiary alicyclic amines) is 2. The second kappa shape index (κ2) is 19.0. The topological polar surface area (TPSA) is 245 Å². The van der Waals surface area contributed by atoms with E-state index >= 15 is 0 Å². The van der Waals surface area contributed by atoms with Crippen LogP contribution in [0.3, 0.4) is 0 Å². The number of rotatable bonds is 13. The zero-order chi connectivity index (χ0) is 50.2. The maximum absolute atomic E-state index is 14.7. The highest BCUT2D eigenvalue weighted by molar-refractivity contribution is 6.09. The van der Waals surface area contributed by atoms with E-state index in [4.69, 9.17) is 10.5 Å². The molecule has 0 radical (unpaired) electrons. The van der Waals surface area contributed by atoms with Crippen LogP contribution in [0.5, 0.6) is 0 Å². The van der Waals surface area contributed by atoms with Gasteiger partial charge in [0.25, 0.3) is 0 Å². The number of carbonyl (C=O) groups excluding carboxylic acids is 7. The Kier molecular flexibility index (Phi) is 13.2. The van der Waals surface area contributed by atoms with Gasteiger partial charge in [0.1, 0.15) is 30.8 Å². The van der Waals surface area contributed by atoms with Crippen LogP contribution in [0.25, 0.3) is 0 Å². The molecule has 0 aliphatic carbocycles. The zero-order valence-electron chi connectivity index (χ0n) is 40.0. The lowest BCUT2D eigenvalue weighted by Gasteiger charge is -2.33. The van der Waals surface area contributed by atoms with Gasteiger partial charge in [-0.2, -0.15) is 5.26 Å². The monoisotopic (exact) mass is 949 g/mol. The third-order valence-corrected chi connectivity index (χ3v) is 13.9. The van der Waals surface area contributed by atoms with Crippen molar-refractivity contribution < 1.29 is 38.3 Å². The largest absolute Gasteiger partial charge is 0.445 e. The Hall–Kier alpha value is -7.74. The molecule has 70 heavy (non-hydrogen) atoms. The van der Waals surface area contributed by atoms with Crippen molar-refractivity contribution in [3.8, 4) is 6.07 Å². The molecular formula is C53H59N9O8. The van der Waals surface area contributed by atoms with Crippen molar-refractivity contribution in [3.63, 3.8) is 0 Å². The number of ether oxygens (including phenoxy) is 1. The summed E-state index contributed by atoms with van der Waals surface area (Å²) in [4.78, 5) is 98.8. The number of primary amides is 1. The summed E-state index contributed by atoms with van der Waals surface area (Å²) in [5.41, 5.74) is 7.13. The molecule has 0 aromatic heterocycles. The Morgan fingerprint density at radius 1 is 0.743 bits per heavy atom. The van der Waals surface area contributed by atoms with Crippen LogP contribution in [0, 0.1) is 22.2 Å². The molecule has 0 bridgehead atoms. The van der Waals surface area contributed by atoms with Crippen molar-refractivity contribution in [2.75, 3.05) is 29.0 Å². The third-order valence-electron chi connectivity index (χ3n) is 13.9. The summed E-state index contributed by atoms with van der Waals surface area (Å²) >= 11 is 0. The number of hydrogen-bond donors (Lipinski definition) is 6. The molecule has 4 aliphatic heterocycles. The lowest BCUT2D eigenvalue weighted by Crippen LogP contribution is -2.54. The lowest BCUT2D eigenvalue weighted by atomic mass is 9.79. The van der Waals surface area contributed by atoms with E-state index in [2.05, 4.69) is 32.7 Å². The number of anilines is 3. The fraction of sp³-hybridized carbons (Fsp3) is 0.396. The molecule has 17 nitrogen and oxygen atoms in total. The molecule has 17 heteroatoms. The average Bonchev–Trinajstić information content (AvgIpc) is 4.05. The molecule has 0 saturated carbocycles. The molecule has 6 atom stereocenters. The lowest BCUT2D eigenvalue weighted by molar-refractivity contribution is -0.139. The summed E-state index contributed by atoms with van der Waals surface area (Å²) in [6.45, 7) is 9.38. The molecule has 364 valence electrons. The maximum Gasteiger partial charge on any atom is 0.408 e. The van der Waals surface area contributed by atoms with Gasteiger partial charge in [0.05, 0.1) is 16.9 Å². The maximum atomic E-state index is 14.7. The van der Waals surface area contributed by atoms with Crippen molar-refractivity contribution in [1.29, 1.82) is 5.26 Å². The van der Waals surface area contributed by atoms with Gasteiger partial charge in [0.15, 0.2) is 0 Å². The first-order valence-corrected chi connectivity index (χ1v) is 23.5. The van der Waals surface area contributed by atoms with E-state index in [1.807, 2.05) is 77.1 Å². The summed E-state index contributed by atoms with van der Waals surface area (Å²) in [6.07, 6.45) is 0.00870. The Morgan fingerprint density at radius 3 is 1.91 bits per heavy atom. The number of amides is 8. The fourth-order valence-corrected chi connectivity index (χ4v) is 10.7. The highest BCUT2D eigenvalue weighted by Gasteiger charge is 2.59. The van der Waals surface area contributed by atoms with Crippen LogP contribution < -0.4 is 32.3 Å². The quantitative estimate of drug-likeness (QED) is 0.0939. The minimum atomic E-state index is -1.18. The molecule has 7 N–H and O–H groups in total. The standard InChI is InChI=1S/C53H59N9O8/c1-50(2,3)25-40(45(65)62-31-53(27-42(62)43(55)63)37-19-10-12-21-39(37)58-47(53)67)60-49(69)70-29-33-15-13-14-32(22-33)23-51(4,5)26-41(59-48(68)56-34-16-7-6-8-17-34)44(64)61-30-52(24-35(61)28-54)36-18-9-11-20-38(36)57-46(52)66/h6-22,35,40-42H,23-27,29-31H2,1-5H3,(H2,55,63)(H,57,66)(H,58,67)(H,60,69)(H2,56,59,68)/t35-,40-,41-,42-,52-,53-/m0/s1. The van der Waals surface area contributed by atoms with E-state index in [1.54, 1.807) is 60.7 Å². The Labute approximate surface area is 406 Å².